The topological polar surface area (TPSA) is 195 Å². The fraction of sp³-hybridized carbons (Fsp3) is 0.659. The summed E-state index contributed by atoms with van der Waals surface area (Å²) >= 11 is 0. The first-order valence-corrected chi connectivity index (χ1v) is 22.1. The number of nitrogens with one attached hydrogen (secondary N) is 3. The highest BCUT2D eigenvalue weighted by molar-refractivity contribution is 7.91. The second-order valence-electron chi connectivity index (χ2n) is 17.4. The number of methoxy groups -OCH3 is 1. The molecule has 0 unspecified atom stereocenters. The quantitative estimate of drug-likeness (QED) is 0.372. The van der Waals surface area contributed by atoms with E-state index in [9.17, 15) is 27.6 Å². The number of carbonyl (C=O) groups excluding carboxylic acids is 4. The van der Waals surface area contributed by atoms with Gasteiger partial charge < -0.3 is 29.7 Å². The zero-order valence-electron chi connectivity index (χ0n) is 33.0. The second-order valence-corrected chi connectivity index (χ2v) is 19.6. The maximum atomic E-state index is 14.7. The van der Waals surface area contributed by atoms with Gasteiger partial charge in [-0.2, -0.15) is 0 Å². The number of amides is 4. The lowest BCUT2D eigenvalue weighted by molar-refractivity contribution is -0.141. The number of fused-ring (bicyclic) bond motifs is 6. The van der Waals surface area contributed by atoms with Crippen molar-refractivity contribution in [2.24, 2.45) is 11.8 Å². The zero-order valence-corrected chi connectivity index (χ0v) is 33.8. The zero-order chi connectivity index (χ0) is 40.2. The molecule has 1 saturated heterocycles. The number of rotatable bonds is 4. The molecule has 57 heavy (non-hydrogen) atoms. The first-order valence-electron chi connectivity index (χ1n) is 20.6. The van der Waals surface area contributed by atoms with Crippen LogP contribution in [0.3, 0.4) is 0 Å². The predicted molar refractivity (Wildman–Crippen MR) is 209 cm³/mol. The highest BCUT2D eigenvalue weighted by Crippen LogP contribution is 2.50. The smallest absolute Gasteiger partial charge is 0.408 e. The number of alkyl carbamates (subject to hydrolysis) is 1. The van der Waals surface area contributed by atoms with Crippen molar-refractivity contribution in [3.63, 3.8) is 0 Å². The number of nitrogens with zero attached hydrogens (tertiary/aromatic N) is 3. The molecule has 2 aromatic rings. The monoisotopic (exact) mass is 806 g/mol. The molecule has 1 aromatic carbocycles. The fourth-order valence-corrected chi connectivity index (χ4v) is 10.1. The number of aryl methyl sites for hydroxylation is 1. The van der Waals surface area contributed by atoms with Gasteiger partial charge in [0.1, 0.15) is 40.8 Å². The van der Waals surface area contributed by atoms with Crippen molar-refractivity contribution in [1.82, 2.24) is 30.2 Å². The largest absolute Gasteiger partial charge is 0.497 e. The first-order chi connectivity index (χ1) is 27.2. The lowest BCUT2D eigenvalue weighted by Gasteiger charge is -2.30. The van der Waals surface area contributed by atoms with Gasteiger partial charge in [-0.3, -0.25) is 19.1 Å². The van der Waals surface area contributed by atoms with Crippen LogP contribution in [-0.2, 0) is 35.6 Å². The van der Waals surface area contributed by atoms with Gasteiger partial charge in [-0.25, -0.2) is 23.2 Å². The molecule has 4 amide bonds. The van der Waals surface area contributed by atoms with Gasteiger partial charge in [0.05, 0.1) is 29.4 Å². The van der Waals surface area contributed by atoms with Crippen LogP contribution in [0.4, 0.5) is 4.79 Å². The summed E-state index contributed by atoms with van der Waals surface area (Å²) in [6.45, 7) is 3.53. The van der Waals surface area contributed by atoms with Gasteiger partial charge >= 0.3 is 6.09 Å². The van der Waals surface area contributed by atoms with E-state index in [1.54, 1.807) is 20.1 Å². The summed E-state index contributed by atoms with van der Waals surface area (Å²) in [6, 6.07) is 3.38. The minimum atomic E-state index is -3.99. The first kappa shape index (κ1) is 39.4. The van der Waals surface area contributed by atoms with Crippen molar-refractivity contribution >= 4 is 44.9 Å². The molecule has 3 bridgehead atoms. The lowest BCUT2D eigenvalue weighted by atomic mass is 10.0. The van der Waals surface area contributed by atoms with Crippen LogP contribution in [0.1, 0.15) is 109 Å². The molecular formula is C41H54N6O9S. The number of aromatic nitrogens is 2. The number of allylic oxidation sites excluding steroid dienone is 1. The van der Waals surface area contributed by atoms with Gasteiger partial charge in [-0.1, -0.05) is 37.8 Å². The van der Waals surface area contributed by atoms with Gasteiger partial charge in [-0.05, 0) is 90.2 Å². The maximum Gasteiger partial charge on any atom is 0.408 e. The SMILES string of the molecule is COc1ccc2nc3c(nc2c1)O[C@@H]1C[C@H]2C(=O)N[C@@]4(C(=O)NS(=O)(=O)C5(C)CC5)C[C@@H]4/C=C\CCCCC[C@H](NC(=O)O[C@]4(C)C[C@H]4CCCCC3)C(=O)N2C1. The standard InChI is InChI=1S/C41H54N6O9S/c1-39(18-19-39)57(52,53)46-37(50)41-23-26(41)13-8-5-4-6-10-15-31-36(49)47-24-28(21-33(47)34(48)45-41)55-35-30(42-29-17-16-27(54-3)20-32(29)43-35)14-11-7-9-12-25-22-40(25,2)56-38(51)44-31/h8,13,16-17,20,25-26,28,31,33H,4-7,9-12,14-15,18-19,21-24H2,1-3H3,(H,44,51)(H,45,48)(H,46,50)/b13-8-/t25-,26+,28-,31+,33+,40-,41+/m1/s1. The van der Waals surface area contributed by atoms with E-state index in [4.69, 9.17) is 24.2 Å². The van der Waals surface area contributed by atoms with Crippen LogP contribution in [0, 0.1) is 11.8 Å². The van der Waals surface area contributed by atoms with Crippen LogP contribution >= 0.6 is 0 Å². The van der Waals surface area contributed by atoms with E-state index < -0.39 is 73.8 Å². The number of hydrogen-bond donors (Lipinski definition) is 3. The van der Waals surface area contributed by atoms with Gasteiger partial charge in [0.25, 0.3) is 5.91 Å². The minimum absolute atomic E-state index is 0.00351. The van der Waals surface area contributed by atoms with E-state index in [0.717, 1.165) is 44.9 Å². The molecule has 8 rings (SSSR count). The number of carbonyl (C=O) groups is 4. The van der Waals surface area contributed by atoms with E-state index in [2.05, 4.69) is 15.4 Å². The lowest BCUT2D eigenvalue weighted by Crippen LogP contribution is -2.58. The molecule has 6 aliphatic rings. The van der Waals surface area contributed by atoms with Crippen molar-refractivity contribution in [2.45, 2.75) is 144 Å². The molecule has 3 aliphatic heterocycles. The van der Waals surface area contributed by atoms with Crippen molar-refractivity contribution in [3.8, 4) is 11.6 Å². The van der Waals surface area contributed by atoms with Crippen LogP contribution in [-0.4, -0.2) is 94.8 Å². The highest BCUT2D eigenvalue weighted by atomic mass is 32.2. The van der Waals surface area contributed by atoms with Crippen molar-refractivity contribution in [1.29, 1.82) is 0 Å². The Hall–Kier alpha value is -4.47. The predicted octanol–water partition coefficient (Wildman–Crippen LogP) is 4.37. The maximum absolute atomic E-state index is 14.7. The molecule has 1 aromatic heterocycles. The summed E-state index contributed by atoms with van der Waals surface area (Å²) in [4.78, 5) is 67.9. The molecule has 4 heterocycles. The molecule has 0 spiro atoms. The molecule has 0 radical (unpaired) electrons. The third kappa shape index (κ3) is 8.02. The molecule has 16 heteroatoms. The Kier molecular flexibility index (Phi) is 10.4. The molecule has 308 valence electrons. The van der Waals surface area contributed by atoms with Crippen LogP contribution in [0.2, 0.25) is 0 Å². The number of ether oxygens (including phenoxy) is 3. The Morgan fingerprint density at radius 2 is 1.79 bits per heavy atom. The Morgan fingerprint density at radius 3 is 2.58 bits per heavy atom. The molecule has 7 atom stereocenters. The fourth-order valence-electron chi connectivity index (χ4n) is 8.75. The van der Waals surface area contributed by atoms with E-state index in [1.165, 1.54) is 4.90 Å². The Balaban J connectivity index is 1.14. The van der Waals surface area contributed by atoms with Crippen molar-refractivity contribution in [3.05, 3.63) is 36.0 Å². The third-order valence-corrected chi connectivity index (χ3v) is 15.3. The molecule has 3 saturated carbocycles. The molecule has 3 N–H and O–H groups in total. The Labute approximate surface area is 333 Å². The summed E-state index contributed by atoms with van der Waals surface area (Å²) in [5, 5.41) is 5.78. The molecule has 4 fully saturated rings. The van der Waals surface area contributed by atoms with Crippen LogP contribution in [0.25, 0.3) is 11.0 Å². The molecule has 15 nitrogen and oxygen atoms in total. The van der Waals surface area contributed by atoms with Crippen molar-refractivity contribution in [2.75, 3.05) is 13.7 Å². The summed E-state index contributed by atoms with van der Waals surface area (Å²) in [5.41, 5.74) is -0.193. The second kappa shape index (κ2) is 15.0. The van der Waals surface area contributed by atoms with Gasteiger partial charge in [-0.15, -0.1) is 0 Å². The van der Waals surface area contributed by atoms with E-state index >= 15 is 0 Å². The minimum Gasteiger partial charge on any atom is -0.497 e. The van der Waals surface area contributed by atoms with E-state index in [1.807, 2.05) is 31.2 Å². The number of hydrogen-bond acceptors (Lipinski definition) is 11. The molecular weight excluding hydrogens is 753 g/mol. The van der Waals surface area contributed by atoms with Gasteiger partial charge in [0.15, 0.2) is 0 Å². The summed E-state index contributed by atoms with van der Waals surface area (Å²) in [5.74, 6) is -1.15. The average molecular weight is 807 g/mol. The van der Waals surface area contributed by atoms with Gasteiger partial charge in [0.2, 0.25) is 27.7 Å². The summed E-state index contributed by atoms with van der Waals surface area (Å²) in [7, 11) is -2.41. The third-order valence-electron chi connectivity index (χ3n) is 13.1. The molecule has 3 aliphatic carbocycles. The van der Waals surface area contributed by atoms with Crippen LogP contribution in [0.5, 0.6) is 11.6 Å². The Morgan fingerprint density at radius 1 is 1.00 bits per heavy atom. The normalized spacial score (nSPS) is 33.5. The highest BCUT2D eigenvalue weighted by Gasteiger charge is 2.63. The van der Waals surface area contributed by atoms with Crippen molar-refractivity contribution < 1.29 is 41.8 Å². The number of sulfonamides is 1. The van der Waals surface area contributed by atoms with E-state index in [0.29, 0.717) is 66.9 Å². The van der Waals surface area contributed by atoms with Crippen LogP contribution in [0.15, 0.2) is 30.4 Å². The summed E-state index contributed by atoms with van der Waals surface area (Å²) in [6.07, 6.45) is 11.9. The van der Waals surface area contributed by atoms with E-state index in [-0.39, 0.29) is 25.3 Å². The summed E-state index contributed by atoms with van der Waals surface area (Å²) < 4.78 is 45.7. The van der Waals surface area contributed by atoms with Gasteiger partial charge in [0, 0.05) is 24.3 Å². The van der Waals surface area contributed by atoms with Crippen LogP contribution < -0.4 is 24.8 Å². The number of benzene rings is 1. The average Bonchev–Trinajstić information content (AvgIpc) is 4.12. The Bertz CT molecular complexity index is 2090.